The zero-order valence-electron chi connectivity index (χ0n) is 12.5. The molecule has 1 aliphatic rings. The van der Waals surface area contributed by atoms with Gasteiger partial charge in [-0.3, -0.25) is 9.89 Å². The van der Waals surface area contributed by atoms with Crippen LogP contribution < -0.4 is 0 Å². The maximum Gasteiger partial charge on any atom is 0.0269 e. The van der Waals surface area contributed by atoms with Crippen LogP contribution in [0.4, 0.5) is 0 Å². The Hall–Kier alpha value is -0.670. The Labute approximate surface area is 107 Å². The third-order valence-corrected chi connectivity index (χ3v) is 2.61. The molecule has 1 rings (SSSR count). The molecule has 0 aromatic rings. The normalized spacial score (nSPS) is 18.4. The van der Waals surface area contributed by atoms with Gasteiger partial charge in [0.2, 0.25) is 0 Å². The molecule has 0 bridgehead atoms. The fourth-order valence-electron chi connectivity index (χ4n) is 1.64. The van der Waals surface area contributed by atoms with E-state index >= 15 is 0 Å². The zero-order chi connectivity index (χ0) is 13.3. The van der Waals surface area contributed by atoms with E-state index < -0.39 is 0 Å². The summed E-state index contributed by atoms with van der Waals surface area (Å²) in [5.41, 5.74) is 2.47. The van der Waals surface area contributed by atoms with Gasteiger partial charge in [0, 0.05) is 44.6 Å². The molecule has 0 radical (unpaired) electrons. The summed E-state index contributed by atoms with van der Waals surface area (Å²) in [6, 6.07) is 0. The van der Waals surface area contributed by atoms with Crippen LogP contribution in [0.15, 0.2) is 16.8 Å². The first-order valence-corrected chi connectivity index (χ1v) is 6.65. The van der Waals surface area contributed by atoms with Crippen LogP contribution in [0.5, 0.6) is 0 Å². The molecule has 0 saturated carbocycles. The number of nitrogens with zero attached hydrogens (tertiary/aromatic N) is 3. The number of piperazine rings is 1. The number of aliphatic imine (C=N–C) groups is 1. The van der Waals surface area contributed by atoms with E-state index in [1.807, 2.05) is 33.9 Å². The molecular weight excluding hydrogens is 210 g/mol. The number of likely N-dealkylation sites (N-methyl/N-ethyl adjacent to an activating group) is 1. The standard InChI is InChI=1S/C12H23N3.C2H6/c1-11(2)13-9-12(3)10-15-7-5-14(4)6-8-15;1-2/h9H,5-8,10H2,1-4H3;1-2H3/b12-9+;. The van der Waals surface area contributed by atoms with E-state index in [0.717, 1.165) is 12.3 Å². The second-order valence-corrected chi connectivity index (χ2v) is 4.63. The van der Waals surface area contributed by atoms with E-state index in [9.17, 15) is 0 Å². The van der Waals surface area contributed by atoms with Crippen molar-refractivity contribution in [3.05, 3.63) is 11.8 Å². The lowest BCUT2D eigenvalue weighted by atomic mass is 10.2. The van der Waals surface area contributed by atoms with Crippen LogP contribution in [0, 0.1) is 0 Å². The topological polar surface area (TPSA) is 18.8 Å². The van der Waals surface area contributed by atoms with Gasteiger partial charge in [-0.1, -0.05) is 13.8 Å². The summed E-state index contributed by atoms with van der Waals surface area (Å²) in [4.78, 5) is 9.19. The summed E-state index contributed by atoms with van der Waals surface area (Å²) in [7, 11) is 2.19. The largest absolute Gasteiger partial charge is 0.304 e. The minimum Gasteiger partial charge on any atom is -0.304 e. The molecule has 0 atom stereocenters. The van der Waals surface area contributed by atoms with Crippen molar-refractivity contribution < 1.29 is 0 Å². The van der Waals surface area contributed by atoms with Gasteiger partial charge in [0.15, 0.2) is 0 Å². The molecular formula is C14H29N3. The van der Waals surface area contributed by atoms with Gasteiger partial charge in [-0.2, -0.15) is 0 Å². The highest BCUT2D eigenvalue weighted by Crippen LogP contribution is 2.03. The monoisotopic (exact) mass is 239 g/mol. The molecule has 1 heterocycles. The Balaban J connectivity index is 0.00000121. The minimum absolute atomic E-state index is 1.06. The van der Waals surface area contributed by atoms with Crippen LogP contribution in [-0.2, 0) is 0 Å². The molecule has 3 heteroatoms. The summed E-state index contributed by atoms with van der Waals surface area (Å²) in [5.74, 6) is 0. The average Bonchev–Trinajstić information content (AvgIpc) is 2.32. The SMILES string of the molecule is CC.CC(C)=N/C=C(\C)CN1CCN(C)CC1. The summed E-state index contributed by atoms with van der Waals surface area (Å²) in [5, 5.41) is 0. The first kappa shape index (κ1) is 16.3. The van der Waals surface area contributed by atoms with Crippen LogP contribution >= 0.6 is 0 Å². The van der Waals surface area contributed by atoms with Crippen molar-refractivity contribution in [2.75, 3.05) is 39.8 Å². The van der Waals surface area contributed by atoms with E-state index in [4.69, 9.17) is 0 Å². The van der Waals surface area contributed by atoms with Crippen LogP contribution in [0.2, 0.25) is 0 Å². The molecule has 0 aromatic heterocycles. The van der Waals surface area contributed by atoms with E-state index in [-0.39, 0.29) is 0 Å². The minimum atomic E-state index is 1.06. The average molecular weight is 239 g/mol. The molecule has 0 N–H and O–H groups in total. The highest BCUT2D eigenvalue weighted by atomic mass is 15.2. The van der Waals surface area contributed by atoms with Crippen LogP contribution in [0.1, 0.15) is 34.6 Å². The molecule has 1 saturated heterocycles. The van der Waals surface area contributed by atoms with Gasteiger partial charge >= 0.3 is 0 Å². The Morgan fingerprint density at radius 2 is 1.59 bits per heavy atom. The Kier molecular flexibility index (Phi) is 9.00. The Morgan fingerprint density at radius 3 is 2.06 bits per heavy atom. The van der Waals surface area contributed by atoms with Gasteiger partial charge in [0.1, 0.15) is 0 Å². The van der Waals surface area contributed by atoms with E-state index in [0.29, 0.717) is 0 Å². The molecule has 0 aromatic carbocycles. The Bertz CT molecular complexity index is 244. The van der Waals surface area contributed by atoms with Gasteiger partial charge < -0.3 is 4.90 Å². The third-order valence-electron chi connectivity index (χ3n) is 2.61. The van der Waals surface area contributed by atoms with E-state index in [1.165, 1.54) is 31.8 Å². The van der Waals surface area contributed by atoms with Gasteiger partial charge in [-0.05, 0) is 33.4 Å². The molecule has 0 amide bonds. The molecule has 17 heavy (non-hydrogen) atoms. The molecule has 0 unspecified atom stereocenters. The van der Waals surface area contributed by atoms with Crippen molar-refractivity contribution in [2.24, 2.45) is 4.99 Å². The number of hydrogen-bond acceptors (Lipinski definition) is 3. The van der Waals surface area contributed by atoms with Crippen LogP contribution in [0.25, 0.3) is 0 Å². The van der Waals surface area contributed by atoms with Crippen LogP contribution in [-0.4, -0.2) is 55.3 Å². The lowest BCUT2D eigenvalue weighted by Gasteiger charge is -2.32. The lowest BCUT2D eigenvalue weighted by molar-refractivity contribution is 0.164. The van der Waals surface area contributed by atoms with Crippen molar-refractivity contribution in [1.82, 2.24) is 9.80 Å². The van der Waals surface area contributed by atoms with Gasteiger partial charge in [-0.15, -0.1) is 0 Å². The smallest absolute Gasteiger partial charge is 0.0269 e. The van der Waals surface area contributed by atoms with Crippen molar-refractivity contribution in [2.45, 2.75) is 34.6 Å². The zero-order valence-corrected chi connectivity index (χ0v) is 12.5. The number of hydrogen-bond donors (Lipinski definition) is 0. The van der Waals surface area contributed by atoms with Crippen LogP contribution in [0.3, 0.4) is 0 Å². The molecule has 100 valence electrons. The second-order valence-electron chi connectivity index (χ2n) is 4.63. The highest BCUT2D eigenvalue weighted by molar-refractivity contribution is 5.79. The van der Waals surface area contributed by atoms with Gasteiger partial charge in [-0.25, -0.2) is 0 Å². The first-order valence-electron chi connectivity index (χ1n) is 6.65. The second kappa shape index (κ2) is 9.37. The predicted octanol–water partition coefficient (Wildman–Crippen LogP) is 2.64. The molecule has 0 aliphatic carbocycles. The maximum absolute atomic E-state index is 4.32. The fraction of sp³-hybridized carbons (Fsp3) is 0.786. The Morgan fingerprint density at radius 1 is 1.06 bits per heavy atom. The third kappa shape index (κ3) is 8.11. The molecule has 1 fully saturated rings. The van der Waals surface area contributed by atoms with E-state index in [2.05, 4.69) is 28.8 Å². The first-order chi connectivity index (χ1) is 8.08. The molecule has 1 aliphatic heterocycles. The summed E-state index contributed by atoms with van der Waals surface area (Å²) in [6.45, 7) is 16.0. The van der Waals surface area contributed by atoms with Crippen molar-refractivity contribution in [3.63, 3.8) is 0 Å². The van der Waals surface area contributed by atoms with Crippen molar-refractivity contribution >= 4 is 5.71 Å². The summed E-state index contributed by atoms with van der Waals surface area (Å²) in [6.07, 6.45) is 1.99. The maximum atomic E-state index is 4.32. The van der Waals surface area contributed by atoms with Crippen molar-refractivity contribution in [1.29, 1.82) is 0 Å². The van der Waals surface area contributed by atoms with Crippen molar-refractivity contribution in [3.8, 4) is 0 Å². The highest BCUT2D eigenvalue weighted by Gasteiger charge is 2.13. The quantitative estimate of drug-likeness (QED) is 0.705. The molecule has 0 spiro atoms. The predicted molar refractivity (Wildman–Crippen MR) is 77.8 cm³/mol. The van der Waals surface area contributed by atoms with Gasteiger partial charge in [0.25, 0.3) is 0 Å². The van der Waals surface area contributed by atoms with Gasteiger partial charge in [0.05, 0.1) is 0 Å². The summed E-state index contributed by atoms with van der Waals surface area (Å²) >= 11 is 0. The fourth-order valence-corrected chi connectivity index (χ4v) is 1.64. The number of rotatable bonds is 3. The lowest BCUT2D eigenvalue weighted by Crippen LogP contribution is -2.44. The summed E-state index contributed by atoms with van der Waals surface area (Å²) < 4.78 is 0. The molecule has 3 nitrogen and oxygen atoms in total. The van der Waals surface area contributed by atoms with E-state index in [1.54, 1.807) is 0 Å².